The van der Waals surface area contributed by atoms with Gasteiger partial charge in [-0.05, 0) is 0 Å². The number of hydrogen-bond acceptors (Lipinski definition) is 6. The Balaban J connectivity index is 1.76. The molecule has 7 heteroatoms. The second-order valence-electron chi connectivity index (χ2n) is 6.56. The SMILES string of the molecule is O=C1OI(O)(O)(N2Cc3ccccc3N=C2c2ccccc2)c2ccccc21. The topological polar surface area (TPSA) is 82.4 Å². The molecule has 0 saturated carbocycles. The maximum absolute atomic E-state index is 12.5. The van der Waals surface area contributed by atoms with Gasteiger partial charge in [-0.1, -0.05) is 0 Å². The van der Waals surface area contributed by atoms with Crippen LogP contribution in [0.4, 0.5) is 5.69 Å². The summed E-state index contributed by atoms with van der Waals surface area (Å²) in [5.74, 6) is -0.344. The fraction of sp³-hybridized carbons (Fsp3) is 0.0476. The Morgan fingerprint density at radius 3 is 2.39 bits per heavy atom. The Labute approximate surface area is 164 Å². The Kier molecular flexibility index (Phi) is 3.64. The zero-order valence-corrected chi connectivity index (χ0v) is 16.9. The van der Waals surface area contributed by atoms with Crippen LogP contribution in [0.25, 0.3) is 0 Å². The van der Waals surface area contributed by atoms with Gasteiger partial charge in [-0.2, -0.15) is 0 Å². The number of carbonyl (C=O) groups excluding carboxylic acids is 1. The first-order valence-electron chi connectivity index (χ1n) is 8.66. The molecule has 2 N–H and O–H groups in total. The Morgan fingerprint density at radius 2 is 1.57 bits per heavy atom. The molecule has 0 aromatic heterocycles. The summed E-state index contributed by atoms with van der Waals surface area (Å²) >= 11 is -6.01. The number of para-hydroxylation sites is 1. The molecule has 3 aromatic rings. The van der Waals surface area contributed by atoms with Crippen LogP contribution >= 0.6 is 18.6 Å². The molecule has 0 atom stereocenters. The van der Waals surface area contributed by atoms with Crippen LogP contribution in [-0.4, -0.2) is 21.8 Å². The van der Waals surface area contributed by atoms with Crippen molar-refractivity contribution in [3.8, 4) is 0 Å². The molecule has 0 radical (unpaired) electrons. The van der Waals surface area contributed by atoms with Crippen molar-refractivity contribution < 1.29 is 14.7 Å². The molecule has 2 aliphatic heterocycles. The molecular formula is C21H17IN2O4. The monoisotopic (exact) mass is 488 g/mol. The van der Waals surface area contributed by atoms with E-state index in [1.165, 1.54) is 3.11 Å². The molecule has 0 bridgehead atoms. The van der Waals surface area contributed by atoms with Gasteiger partial charge >= 0.3 is 165 Å². The van der Waals surface area contributed by atoms with E-state index in [2.05, 4.69) is 0 Å². The average molecular weight is 488 g/mol. The number of carbonyl (C=O) groups is 1. The molecule has 28 heavy (non-hydrogen) atoms. The molecule has 0 unspecified atom stereocenters. The molecule has 2 aliphatic rings. The number of amidine groups is 1. The molecule has 142 valence electrons. The zero-order valence-electron chi connectivity index (χ0n) is 14.7. The first-order valence-corrected chi connectivity index (χ1v) is 13.5. The Hall–Kier alpha value is -2.75. The van der Waals surface area contributed by atoms with Gasteiger partial charge in [0, 0.05) is 0 Å². The van der Waals surface area contributed by atoms with Crippen LogP contribution in [0.3, 0.4) is 0 Å². The van der Waals surface area contributed by atoms with Crippen molar-refractivity contribution in [3.63, 3.8) is 0 Å². The molecular weight excluding hydrogens is 471 g/mol. The molecule has 0 fully saturated rings. The van der Waals surface area contributed by atoms with E-state index < -0.39 is 24.5 Å². The van der Waals surface area contributed by atoms with Gasteiger partial charge in [-0.25, -0.2) is 0 Å². The minimum atomic E-state index is -6.01. The average Bonchev–Trinajstić information content (AvgIpc) is 2.95. The van der Waals surface area contributed by atoms with Crippen molar-refractivity contribution in [2.45, 2.75) is 6.54 Å². The van der Waals surface area contributed by atoms with Crippen molar-refractivity contribution >= 4 is 36.1 Å². The maximum atomic E-state index is 12.5. The van der Waals surface area contributed by atoms with E-state index in [0.29, 0.717) is 11.4 Å². The van der Waals surface area contributed by atoms with E-state index in [0.717, 1.165) is 11.3 Å². The summed E-state index contributed by atoms with van der Waals surface area (Å²) in [5.41, 5.74) is 2.48. The van der Waals surface area contributed by atoms with Gasteiger partial charge in [-0.3, -0.25) is 0 Å². The number of halogens is 1. The van der Waals surface area contributed by atoms with Crippen molar-refractivity contribution in [1.82, 2.24) is 3.11 Å². The molecule has 0 amide bonds. The number of hydrogen-bond donors (Lipinski definition) is 2. The van der Waals surface area contributed by atoms with Crippen molar-refractivity contribution in [3.05, 3.63) is 99.1 Å². The third kappa shape index (κ3) is 2.40. The van der Waals surface area contributed by atoms with E-state index in [1.807, 2.05) is 54.6 Å². The van der Waals surface area contributed by atoms with Gasteiger partial charge in [-0.15, -0.1) is 0 Å². The number of nitrogens with zero attached hydrogens (tertiary/aromatic N) is 2. The Bertz CT molecular complexity index is 1140. The zero-order chi connectivity index (χ0) is 19.4. The fourth-order valence-electron chi connectivity index (χ4n) is 3.47. The summed E-state index contributed by atoms with van der Waals surface area (Å²) in [6.45, 7) is 0.174. The fourth-order valence-corrected chi connectivity index (χ4v) is 9.99. The van der Waals surface area contributed by atoms with Crippen LogP contribution in [0.15, 0.2) is 83.9 Å². The van der Waals surface area contributed by atoms with Gasteiger partial charge < -0.3 is 0 Å². The van der Waals surface area contributed by atoms with Gasteiger partial charge in [0.05, 0.1) is 0 Å². The normalized spacial score (nSPS) is 20.2. The predicted octanol–water partition coefficient (Wildman–Crippen LogP) is 3.84. The number of rotatable bonds is 2. The van der Waals surface area contributed by atoms with Crippen LogP contribution in [0.2, 0.25) is 0 Å². The van der Waals surface area contributed by atoms with E-state index in [1.54, 1.807) is 24.3 Å². The molecule has 0 spiro atoms. The first kappa shape index (κ1) is 17.4. The Morgan fingerprint density at radius 1 is 0.893 bits per heavy atom. The number of benzene rings is 3. The third-order valence-corrected chi connectivity index (χ3v) is 11.9. The summed E-state index contributed by atoms with van der Waals surface area (Å²) in [4.78, 5) is 17.2. The molecule has 6 nitrogen and oxygen atoms in total. The second kappa shape index (κ2) is 5.87. The predicted molar refractivity (Wildman–Crippen MR) is 114 cm³/mol. The number of fused-ring (bicyclic) bond motifs is 2. The quantitative estimate of drug-likeness (QED) is 0.423. The summed E-state index contributed by atoms with van der Waals surface area (Å²) in [7, 11) is 0. The van der Waals surface area contributed by atoms with E-state index in [9.17, 15) is 11.7 Å². The molecule has 2 heterocycles. The summed E-state index contributed by atoms with van der Waals surface area (Å²) in [6.07, 6.45) is 0. The number of aliphatic imine (C=N–C) groups is 1. The van der Waals surface area contributed by atoms with E-state index >= 15 is 0 Å². The van der Waals surface area contributed by atoms with Crippen molar-refractivity contribution in [2.24, 2.45) is 4.99 Å². The minimum absolute atomic E-state index is 0.154. The van der Waals surface area contributed by atoms with Gasteiger partial charge in [0.1, 0.15) is 0 Å². The van der Waals surface area contributed by atoms with Crippen LogP contribution in [0, 0.1) is 3.57 Å². The van der Waals surface area contributed by atoms with Crippen molar-refractivity contribution in [1.29, 1.82) is 0 Å². The molecule has 5 rings (SSSR count). The van der Waals surface area contributed by atoms with Gasteiger partial charge in [0.15, 0.2) is 0 Å². The first-order chi connectivity index (χ1) is 13.5. The van der Waals surface area contributed by atoms with Crippen LogP contribution in [0.1, 0.15) is 21.5 Å². The summed E-state index contributed by atoms with van der Waals surface area (Å²) in [5, 5.41) is 0. The molecule has 0 saturated heterocycles. The van der Waals surface area contributed by atoms with E-state index in [-0.39, 0.29) is 15.7 Å². The van der Waals surface area contributed by atoms with Crippen LogP contribution in [-0.2, 0) is 9.61 Å². The molecule has 3 aromatic carbocycles. The van der Waals surface area contributed by atoms with Gasteiger partial charge in [0.2, 0.25) is 0 Å². The molecule has 0 aliphatic carbocycles. The van der Waals surface area contributed by atoms with Crippen molar-refractivity contribution in [2.75, 3.05) is 0 Å². The standard InChI is InChI=1S/C21H17IN2O4/c25-21-17-11-5-6-12-18(17)22(26,27,28-21)24-14-16-10-4-7-13-19(16)23-20(24)15-8-2-1-3-9-15/h1-13,26-27H,14H2. The summed E-state index contributed by atoms with van der Waals surface area (Å²) in [6, 6.07) is 23.2. The van der Waals surface area contributed by atoms with Gasteiger partial charge in [0.25, 0.3) is 0 Å². The third-order valence-electron chi connectivity index (χ3n) is 4.82. The van der Waals surface area contributed by atoms with Crippen LogP contribution < -0.4 is 0 Å². The second-order valence-corrected chi connectivity index (χ2v) is 13.7. The van der Waals surface area contributed by atoms with E-state index in [4.69, 9.17) is 8.06 Å². The summed E-state index contributed by atoms with van der Waals surface area (Å²) < 4.78 is 30.4. The van der Waals surface area contributed by atoms with Crippen LogP contribution in [0.5, 0.6) is 0 Å².